The first-order valence-electron chi connectivity index (χ1n) is 6.67. The summed E-state index contributed by atoms with van der Waals surface area (Å²) in [4.78, 5) is 4.00. The van der Waals surface area contributed by atoms with Gasteiger partial charge in [0.25, 0.3) is 0 Å². The number of anilines is 1. The number of benzene rings is 1. The molecule has 20 heavy (non-hydrogen) atoms. The Labute approximate surface area is 117 Å². The molecule has 0 radical (unpaired) electrons. The normalized spacial score (nSPS) is 18.4. The summed E-state index contributed by atoms with van der Waals surface area (Å²) in [5.41, 5.74) is 10.9. The molecular weight excluding hydrogens is 252 g/mol. The number of nitrogens with two attached hydrogens (primary N) is 2. The van der Waals surface area contributed by atoms with E-state index in [4.69, 9.17) is 16.3 Å². The molecule has 5 N–H and O–H groups in total. The lowest BCUT2D eigenvalue weighted by molar-refractivity contribution is 0.177. The lowest BCUT2D eigenvalue weighted by atomic mass is 9.99. The van der Waals surface area contributed by atoms with Gasteiger partial charge in [-0.25, -0.2) is 4.98 Å². The lowest BCUT2D eigenvalue weighted by Crippen LogP contribution is -2.47. The molecule has 0 saturated carbocycles. The average Bonchev–Trinajstić information content (AvgIpc) is 2.88. The van der Waals surface area contributed by atoms with Crippen molar-refractivity contribution in [3.05, 3.63) is 53.7 Å². The van der Waals surface area contributed by atoms with Gasteiger partial charge in [0, 0.05) is 12.6 Å². The summed E-state index contributed by atoms with van der Waals surface area (Å²) >= 11 is 0. The maximum atomic E-state index is 5.97. The van der Waals surface area contributed by atoms with Crippen molar-refractivity contribution in [1.29, 1.82) is 0 Å². The molecule has 104 valence electrons. The van der Waals surface area contributed by atoms with Gasteiger partial charge < -0.3 is 10.5 Å². The van der Waals surface area contributed by atoms with Crippen molar-refractivity contribution in [3.8, 4) is 5.75 Å². The fraction of sp³-hybridized carbons (Fsp3) is 0.267. The number of hydrogen-bond donors (Lipinski definition) is 3. The van der Waals surface area contributed by atoms with Gasteiger partial charge in [-0.3, -0.25) is 11.3 Å². The van der Waals surface area contributed by atoms with Crippen molar-refractivity contribution in [1.82, 2.24) is 10.4 Å². The highest BCUT2D eigenvalue weighted by Gasteiger charge is 2.29. The summed E-state index contributed by atoms with van der Waals surface area (Å²) in [6, 6.07) is 11.9. The Morgan fingerprint density at radius 3 is 2.95 bits per heavy atom. The van der Waals surface area contributed by atoms with E-state index in [1.54, 1.807) is 6.20 Å². The lowest BCUT2D eigenvalue weighted by Gasteiger charge is -2.22. The van der Waals surface area contributed by atoms with Crippen LogP contribution in [-0.4, -0.2) is 17.1 Å². The molecule has 2 unspecified atom stereocenters. The zero-order valence-corrected chi connectivity index (χ0v) is 11.1. The molecular formula is C15H18N4O. The fourth-order valence-electron chi connectivity index (χ4n) is 2.61. The molecule has 3 rings (SSSR count). The minimum atomic E-state index is 0.0317. The Kier molecular flexibility index (Phi) is 3.54. The average molecular weight is 270 g/mol. The molecule has 1 aliphatic rings. The molecule has 0 bridgehead atoms. The van der Waals surface area contributed by atoms with Gasteiger partial charge in [0.05, 0.1) is 6.04 Å². The van der Waals surface area contributed by atoms with Crippen molar-refractivity contribution in [2.24, 2.45) is 5.84 Å². The maximum absolute atomic E-state index is 5.97. The van der Waals surface area contributed by atoms with Crippen molar-refractivity contribution < 1.29 is 4.74 Å². The van der Waals surface area contributed by atoms with Crippen LogP contribution in [0.25, 0.3) is 0 Å². The smallest absolute Gasteiger partial charge is 0.123 e. The predicted octanol–water partition coefficient (Wildman–Crippen LogP) is 1.04. The number of pyridine rings is 1. The van der Waals surface area contributed by atoms with E-state index in [0.29, 0.717) is 5.82 Å². The highest BCUT2D eigenvalue weighted by molar-refractivity contribution is 5.38. The van der Waals surface area contributed by atoms with Gasteiger partial charge in [0.15, 0.2) is 0 Å². The van der Waals surface area contributed by atoms with Crippen LogP contribution in [-0.2, 0) is 12.8 Å². The van der Waals surface area contributed by atoms with E-state index in [0.717, 1.165) is 24.2 Å². The zero-order valence-electron chi connectivity index (χ0n) is 11.1. The third kappa shape index (κ3) is 2.59. The van der Waals surface area contributed by atoms with E-state index in [-0.39, 0.29) is 12.1 Å². The van der Waals surface area contributed by atoms with E-state index in [1.807, 2.05) is 30.3 Å². The molecule has 2 aromatic rings. The van der Waals surface area contributed by atoms with Gasteiger partial charge in [-0.05, 0) is 35.7 Å². The third-order valence-corrected chi connectivity index (χ3v) is 3.64. The summed E-state index contributed by atoms with van der Waals surface area (Å²) in [5, 5.41) is 0. The molecule has 0 fully saturated rings. The van der Waals surface area contributed by atoms with E-state index in [1.165, 1.54) is 5.56 Å². The summed E-state index contributed by atoms with van der Waals surface area (Å²) < 4.78 is 5.97. The van der Waals surface area contributed by atoms with Gasteiger partial charge in [-0.1, -0.05) is 18.2 Å². The van der Waals surface area contributed by atoms with Crippen molar-refractivity contribution >= 4 is 5.82 Å². The summed E-state index contributed by atoms with van der Waals surface area (Å²) in [7, 11) is 0. The van der Waals surface area contributed by atoms with Gasteiger partial charge in [0.2, 0.25) is 0 Å². The van der Waals surface area contributed by atoms with E-state index >= 15 is 0 Å². The molecule has 5 heteroatoms. The molecule has 1 aliphatic heterocycles. The van der Waals surface area contributed by atoms with Crippen LogP contribution < -0.4 is 21.7 Å². The van der Waals surface area contributed by atoms with Gasteiger partial charge in [0.1, 0.15) is 17.7 Å². The molecule has 2 atom stereocenters. The van der Waals surface area contributed by atoms with Gasteiger partial charge >= 0.3 is 0 Å². The van der Waals surface area contributed by atoms with Gasteiger partial charge in [-0.15, -0.1) is 0 Å². The SMILES string of the molecule is NNC(Cc1ccnc(N)c1)C1Cc2ccccc2O1. The Hall–Kier alpha value is -2.11. The Balaban J connectivity index is 1.72. The second-order valence-corrected chi connectivity index (χ2v) is 5.03. The van der Waals surface area contributed by atoms with Crippen molar-refractivity contribution in [2.75, 3.05) is 5.73 Å². The summed E-state index contributed by atoms with van der Waals surface area (Å²) in [6.45, 7) is 0. The number of ether oxygens (including phenoxy) is 1. The molecule has 1 aromatic carbocycles. The zero-order chi connectivity index (χ0) is 13.9. The molecule has 1 aromatic heterocycles. The maximum Gasteiger partial charge on any atom is 0.123 e. The van der Waals surface area contributed by atoms with Crippen LogP contribution in [0.2, 0.25) is 0 Å². The fourth-order valence-corrected chi connectivity index (χ4v) is 2.61. The van der Waals surface area contributed by atoms with Gasteiger partial charge in [-0.2, -0.15) is 0 Å². The number of nitrogens with one attached hydrogen (secondary N) is 1. The summed E-state index contributed by atoms with van der Waals surface area (Å²) in [5.74, 6) is 7.17. The van der Waals surface area contributed by atoms with Crippen molar-refractivity contribution in [3.63, 3.8) is 0 Å². The van der Waals surface area contributed by atoms with E-state index < -0.39 is 0 Å². The number of aromatic nitrogens is 1. The standard InChI is InChI=1S/C15H18N4O/c16-15-8-10(5-6-18-15)7-12(19-17)14-9-11-3-1-2-4-13(11)20-14/h1-6,8,12,14,19H,7,9,17H2,(H2,16,18). The Morgan fingerprint density at radius 2 is 2.20 bits per heavy atom. The molecule has 0 aliphatic carbocycles. The van der Waals surface area contributed by atoms with Crippen LogP contribution in [0.5, 0.6) is 5.75 Å². The second kappa shape index (κ2) is 5.48. The Morgan fingerprint density at radius 1 is 1.35 bits per heavy atom. The van der Waals surface area contributed by atoms with Crippen LogP contribution in [0.1, 0.15) is 11.1 Å². The highest BCUT2D eigenvalue weighted by Crippen LogP contribution is 2.30. The summed E-state index contributed by atoms with van der Waals surface area (Å²) in [6.07, 6.45) is 3.36. The largest absolute Gasteiger partial charge is 0.488 e. The number of nitrogens with zero attached hydrogens (tertiary/aromatic N) is 1. The number of hydrogen-bond acceptors (Lipinski definition) is 5. The number of fused-ring (bicyclic) bond motifs is 1. The second-order valence-electron chi connectivity index (χ2n) is 5.03. The molecule has 0 spiro atoms. The van der Waals surface area contributed by atoms with Crippen molar-refractivity contribution in [2.45, 2.75) is 25.0 Å². The van der Waals surface area contributed by atoms with Crippen LogP contribution in [0.15, 0.2) is 42.6 Å². The Bertz CT molecular complexity index is 577. The quantitative estimate of drug-likeness (QED) is 0.571. The first-order valence-corrected chi connectivity index (χ1v) is 6.67. The molecule has 0 amide bonds. The molecule has 2 heterocycles. The van der Waals surface area contributed by atoms with Crippen LogP contribution >= 0.6 is 0 Å². The number of rotatable bonds is 4. The highest BCUT2D eigenvalue weighted by atomic mass is 16.5. The van der Waals surface area contributed by atoms with Crippen LogP contribution in [0.3, 0.4) is 0 Å². The number of nitrogen functional groups attached to an aromatic ring is 1. The minimum Gasteiger partial charge on any atom is -0.488 e. The van der Waals surface area contributed by atoms with E-state index in [2.05, 4.69) is 16.5 Å². The first kappa shape index (κ1) is 12.9. The van der Waals surface area contributed by atoms with Crippen LogP contribution in [0, 0.1) is 0 Å². The monoisotopic (exact) mass is 270 g/mol. The van der Waals surface area contributed by atoms with Crippen LogP contribution in [0.4, 0.5) is 5.82 Å². The number of hydrazine groups is 1. The molecule has 0 saturated heterocycles. The topological polar surface area (TPSA) is 86.2 Å². The van der Waals surface area contributed by atoms with E-state index in [9.17, 15) is 0 Å². The predicted molar refractivity (Wildman–Crippen MR) is 78.0 cm³/mol. The minimum absolute atomic E-state index is 0.0317. The molecule has 5 nitrogen and oxygen atoms in total. The first-order chi connectivity index (χ1) is 9.76. The number of para-hydroxylation sites is 1. The third-order valence-electron chi connectivity index (χ3n) is 3.64.